The van der Waals surface area contributed by atoms with Gasteiger partial charge in [-0.3, -0.25) is 9.59 Å². The number of unbranched alkanes of at least 4 members (excludes halogenated alkanes) is 1. The molecule has 0 bridgehead atoms. The predicted octanol–water partition coefficient (Wildman–Crippen LogP) is -1.36. The first-order chi connectivity index (χ1) is 13.5. The van der Waals surface area contributed by atoms with Gasteiger partial charge in [0.1, 0.15) is 6.29 Å². The minimum absolute atomic E-state index is 0.00960. The molecule has 158 valence electrons. The van der Waals surface area contributed by atoms with Gasteiger partial charge in [0.15, 0.2) is 11.6 Å². The summed E-state index contributed by atoms with van der Waals surface area (Å²) in [7, 11) is 0. The second kappa shape index (κ2) is 14.7. The van der Waals surface area contributed by atoms with Crippen LogP contribution in [0.5, 0.6) is 0 Å². The predicted molar refractivity (Wildman–Crippen MR) is 113 cm³/mol. The van der Waals surface area contributed by atoms with Crippen LogP contribution in [0.1, 0.15) is 25.0 Å². The maximum Gasteiger partial charge on any atom is 0.165 e. The molecule has 0 unspecified atom stereocenters. The van der Waals surface area contributed by atoms with Crippen LogP contribution in [0.4, 0.5) is 0 Å². The fraction of sp³-hybridized carbons (Fsp3) is 0.647. The van der Waals surface area contributed by atoms with Gasteiger partial charge in [-0.1, -0.05) is 29.0 Å². The normalized spacial score (nSPS) is 14.4. The van der Waals surface area contributed by atoms with E-state index in [0.717, 1.165) is 12.8 Å². The summed E-state index contributed by atoms with van der Waals surface area (Å²) in [6.45, 7) is 0.157. The number of nitrogens with two attached hydrogens (primary N) is 1. The zero-order valence-corrected chi connectivity index (χ0v) is 17.9. The lowest BCUT2D eigenvalue weighted by atomic mass is 10.0. The number of Topliss-reactive ketones (excluding diaryl/α,β-unsaturated/α-hetero) is 2. The lowest BCUT2D eigenvalue weighted by Gasteiger charge is -2.22. The summed E-state index contributed by atoms with van der Waals surface area (Å²) in [6.07, 6.45) is 6.27. The van der Waals surface area contributed by atoms with Crippen LogP contribution in [0.2, 0.25) is 0 Å². The second-order valence-electron chi connectivity index (χ2n) is 6.32. The van der Waals surface area contributed by atoms with E-state index in [1.54, 1.807) is 6.20 Å². The fourth-order valence-corrected chi connectivity index (χ4v) is 3.03. The number of carbonyl (C=O) groups is 3. The summed E-state index contributed by atoms with van der Waals surface area (Å²) in [6, 6.07) is -1.91. The Hall–Kier alpha value is -1.25. The first-order valence-electron chi connectivity index (χ1n) is 9.15. The van der Waals surface area contributed by atoms with Gasteiger partial charge in [-0.15, -0.1) is 0 Å². The molecule has 0 spiro atoms. The Morgan fingerprint density at radius 2 is 2.07 bits per heavy atom. The van der Waals surface area contributed by atoms with Crippen molar-refractivity contribution in [3.63, 3.8) is 0 Å². The van der Waals surface area contributed by atoms with E-state index in [1.165, 1.54) is 6.33 Å². The monoisotopic (exact) mass is 508 g/mol. The summed E-state index contributed by atoms with van der Waals surface area (Å²) in [4.78, 5) is 42.6. The van der Waals surface area contributed by atoms with Gasteiger partial charge in [0.25, 0.3) is 0 Å². The molecule has 0 aliphatic carbocycles. The highest BCUT2D eigenvalue weighted by Gasteiger charge is 2.23. The number of aromatic amines is 1. The molecule has 10 nitrogen and oxygen atoms in total. The van der Waals surface area contributed by atoms with Crippen LogP contribution in [-0.2, 0) is 20.8 Å². The Kier molecular flexibility index (Phi) is 13.0. The van der Waals surface area contributed by atoms with Crippen LogP contribution in [0.15, 0.2) is 12.5 Å². The molecular formula is C17H29IN6O4. The van der Waals surface area contributed by atoms with Gasteiger partial charge in [0.05, 0.1) is 47.7 Å². The molecule has 0 amide bonds. The standard InChI is InChI=1S/C17H29IN6O4/c18-6-16(27)14(3-1-2-4-19)21-8-17(28)15(5-12-7-20-11-22-12)24-23-13(9-25)10-26/h7,9,11,13-15,21,23-24,26H,1-6,8,10,19H2,(H,20,22)/t13-,14+,15+/m1/s1. The first kappa shape index (κ1) is 24.8. The van der Waals surface area contributed by atoms with E-state index in [2.05, 4.69) is 26.1 Å². The topological polar surface area (TPSA) is 162 Å². The number of rotatable bonds is 17. The number of aromatic nitrogens is 2. The fourth-order valence-electron chi connectivity index (χ4n) is 2.50. The van der Waals surface area contributed by atoms with E-state index in [-0.39, 0.29) is 24.5 Å². The number of halogens is 1. The molecule has 11 heteroatoms. The lowest BCUT2D eigenvalue weighted by molar-refractivity contribution is -0.122. The van der Waals surface area contributed by atoms with Crippen molar-refractivity contribution in [1.82, 2.24) is 26.1 Å². The van der Waals surface area contributed by atoms with Crippen LogP contribution in [-0.4, -0.2) is 75.2 Å². The maximum absolute atomic E-state index is 12.7. The average molecular weight is 508 g/mol. The van der Waals surface area contributed by atoms with E-state index in [9.17, 15) is 14.4 Å². The average Bonchev–Trinajstić information content (AvgIpc) is 3.22. The number of alkyl halides is 1. The van der Waals surface area contributed by atoms with Crippen molar-refractivity contribution in [1.29, 1.82) is 0 Å². The van der Waals surface area contributed by atoms with Crippen molar-refractivity contribution in [3.05, 3.63) is 18.2 Å². The Morgan fingerprint density at radius 1 is 1.29 bits per heavy atom. The number of aliphatic hydroxyl groups is 1. The minimum Gasteiger partial charge on any atom is -0.394 e. The third kappa shape index (κ3) is 9.30. The number of H-pyrrole nitrogens is 1. The summed E-state index contributed by atoms with van der Waals surface area (Å²) in [5.41, 5.74) is 11.6. The van der Waals surface area contributed by atoms with E-state index in [1.807, 2.05) is 22.6 Å². The molecule has 1 aromatic heterocycles. The molecule has 0 radical (unpaired) electrons. The smallest absolute Gasteiger partial charge is 0.165 e. The number of nitrogens with one attached hydrogen (secondary N) is 4. The molecule has 28 heavy (non-hydrogen) atoms. The van der Waals surface area contributed by atoms with Crippen LogP contribution < -0.4 is 21.9 Å². The molecule has 0 aromatic carbocycles. The van der Waals surface area contributed by atoms with E-state index in [4.69, 9.17) is 10.8 Å². The van der Waals surface area contributed by atoms with Crippen LogP contribution in [0.25, 0.3) is 0 Å². The molecule has 0 saturated heterocycles. The summed E-state index contributed by atoms with van der Waals surface area (Å²) < 4.78 is 0.361. The maximum atomic E-state index is 12.7. The van der Waals surface area contributed by atoms with E-state index < -0.39 is 24.7 Å². The Labute approximate surface area is 177 Å². The number of aldehydes is 1. The highest BCUT2D eigenvalue weighted by Crippen LogP contribution is 2.05. The van der Waals surface area contributed by atoms with Gasteiger partial charge in [0, 0.05) is 12.6 Å². The van der Waals surface area contributed by atoms with Gasteiger partial charge >= 0.3 is 0 Å². The number of ketones is 2. The second-order valence-corrected chi connectivity index (χ2v) is 7.08. The lowest BCUT2D eigenvalue weighted by Crippen LogP contribution is -2.54. The molecule has 0 fully saturated rings. The van der Waals surface area contributed by atoms with E-state index in [0.29, 0.717) is 29.4 Å². The van der Waals surface area contributed by atoms with Crippen molar-refractivity contribution in [2.45, 2.75) is 43.8 Å². The summed E-state index contributed by atoms with van der Waals surface area (Å²) in [5, 5.41) is 12.2. The van der Waals surface area contributed by atoms with Gasteiger partial charge in [0.2, 0.25) is 0 Å². The van der Waals surface area contributed by atoms with Crippen molar-refractivity contribution in [2.24, 2.45) is 5.73 Å². The number of hydrazine groups is 1. The van der Waals surface area contributed by atoms with Crippen LogP contribution in [0, 0.1) is 0 Å². The molecule has 1 rings (SSSR count). The summed E-state index contributed by atoms with van der Waals surface area (Å²) in [5.74, 6) is -0.148. The summed E-state index contributed by atoms with van der Waals surface area (Å²) >= 11 is 2.01. The highest BCUT2D eigenvalue weighted by molar-refractivity contribution is 14.1. The highest BCUT2D eigenvalue weighted by atomic mass is 127. The zero-order chi connectivity index (χ0) is 20.8. The molecule has 0 aliphatic heterocycles. The van der Waals surface area contributed by atoms with Crippen LogP contribution in [0.3, 0.4) is 0 Å². The van der Waals surface area contributed by atoms with E-state index >= 15 is 0 Å². The Balaban J connectivity index is 2.68. The quantitative estimate of drug-likeness (QED) is 0.0491. The third-order valence-corrected chi connectivity index (χ3v) is 4.90. The minimum atomic E-state index is -0.827. The molecular weight excluding hydrogens is 479 g/mol. The number of aliphatic hydroxyl groups excluding tert-OH is 1. The molecule has 0 aliphatic rings. The Morgan fingerprint density at radius 3 is 2.64 bits per heavy atom. The SMILES string of the molecule is NCCCC[C@H](NCC(=O)[C@H](Cc1c[nH]cn1)NN[C@H](C=O)CO)C(=O)CI. The van der Waals surface area contributed by atoms with Crippen molar-refractivity contribution < 1.29 is 19.5 Å². The van der Waals surface area contributed by atoms with Crippen LogP contribution >= 0.6 is 22.6 Å². The number of nitrogens with zero attached hydrogens (tertiary/aromatic N) is 1. The number of carbonyl (C=O) groups excluding carboxylic acids is 3. The molecule has 1 heterocycles. The van der Waals surface area contributed by atoms with Gasteiger partial charge in [-0.05, 0) is 19.4 Å². The molecule has 3 atom stereocenters. The molecule has 1 aromatic rings. The Bertz CT molecular complexity index is 586. The van der Waals surface area contributed by atoms with Crippen molar-refractivity contribution in [3.8, 4) is 0 Å². The van der Waals surface area contributed by atoms with Crippen molar-refractivity contribution >= 4 is 40.4 Å². The van der Waals surface area contributed by atoms with Gasteiger partial charge < -0.3 is 25.9 Å². The zero-order valence-electron chi connectivity index (χ0n) is 15.7. The molecule has 7 N–H and O–H groups in total. The van der Waals surface area contributed by atoms with Crippen molar-refractivity contribution in [2.75, 3.05) is 24.1 Å². The number of hydrogen-bond donors (Lipinski definition) is 6. The van der Waals surface area contributed by atoms with Gasteiger partial charge in [-0.25, -0.2) is 15.8 Å². The molecule has 0 saturated carbocycles. The van der Waals surface area contributed by atoms with Gasteiger partial charge in [-0.2, -0.15) is 0 Å². The number of imidazole rings is 1. The number of hydrogen-bond acceptors (Lipinski definition) is 9. The first-order valence-corrected chi connectivity index (χ1v) is 10.7. The largest absolute Gasteiger partial charge is 0.394 e. The third-order valence-electron chi connectivity index (χ3n) is 4.15.